The lowest BCUT2D eigenvalue weighted by Gasteiger charge is -2.12. The molecule has 0 atom stereocenters. The number of aromatic nitrogens is 5. The molecular weight excluding hydrogens is 707 g/mol. The van der Waals surface area contributed by atoms with Crippen LogP contribution in [0.15, 0.2) is 212 Å². The van der Waals surface area contributed by atoms with Crippen molar-refractivity contribution in [3.05, 3.63) is 212 Å². The lowest BCUT2D eigenvalue weighted by molar-refractivity contribution is 1.07. The first-order valence-electron chi connectivity index (χ1n) is 19.3. The fourth-order valence-corrected chi connectivity index (χ4v) is 7.37. The number of hydrogen-bond donors (Lipinski definition) is 0. The lowest BCUT2D eigenvalue weighted by atomic mass is 9.93. The zero-order valence-electron chi connectivity index (χ0n) is 31.4. The summed E-state index contributed by atoms with van der Waals surface area (Å²) in [5, 5.41) is 2.35. The van der Waals surface area contributed by atoms with Crippen LogP contribution < -0.4 is 0 Å². The molecule has 10 rings (SSSR count). The SMILES string of the molecule is c1ccc(-c2cc(-c3cccc(-c4ccc5cccc(-c6ccc(-c7nc(-c8ccccc8)nc(-c8ccccc8)n7)cc6)c5c4)c3)nc(-c3ccccc3)n2)cc1. The first kappa shape index (κ1) is 34.6. The van der Waals surface area contributed by atoms with Crippen molar-refractivity contribution in [1.82, 2.24) is 24.9 Å². The number of hydrogen-bond acceptors (Lipinski definition) is 5. The summed E-state index contributed by atoms with van der Waals surface area (Å²) in [6.45, 7) is 0. The van der Waals surface area contributed by atoms with Gasteiger partial charge in [0.25, 0.3) is 0 Å². The maximum atomic E-state index is 5.08. The monoisotopic (exact) mass is 741 g/mol. The highest BCUT2D eigenvalue weighted by Gasteiger charge is 2.15. The van der Waals surface area contributed by atoms with Crippen molar-refractivity contribution in [2.24, 2.45) is 0 Å². The Kier molecular flexibility index (Phi) is 9.14. The van der Waals surface area contributed by atoms with Crippen molar-refractivity contribution < 1.29 is 0 Å². The highest BCUT2D eigenvalue weighted by Crippen LogP contribution is 2.35. The quantitative estimate of drug-likeness (QED) is 0.155. The van der Waals surface area contributed by atoms with E-state index in [1.54, 1.807) is 0 Å². The summed E-state index contributed by atoms with van der Waals surface area (Å²) in [6.07, 6.45) is 0. The molecule has 0 N–H and O–H groups in total. The molecule has 0 aliphatic rings. The predicted octanol–water partition coefficient (Wildman–Crippen LogP) is 13.2. The molecule has 0 unspecified atom stereocenters. The van der Waals surface area contributed by atoms with Crippen LogP contribution in [-0.2, 0) is 0 Å². The molecule has 58 heavy (non-hydrogen) atoms. The minimum absolute atomic E-state index is 0.634. The van der Waals surface area contributed by atoms with Crippen LogP contribution in [-0.4, -0.2) is 24.9 Å². The van der Waals surface area contributed by atoms with Crippen molar-refractivity contribution in [2.45, 2.75) is 0 Å². The minimum atomic E-state index is 0.634. The molecule has 0 amide bonds. The maximum absolute atomic E-state index is 5.08. The van der Waals surface area contributed by atoms with Gasteiger partial charge in [0.15, 0.2) is 23.3 Å². The van der Waals surface area contributed by atoms with E-state index in [1.807, 2.05) is 97.1 Å². The number of rotatable bonds is 8. The van der Waals surface area contributed by atoms with Crippen LogP contribution in [0.1, 0.15) is 0 Å². The summed E-state index contributed by atoms with van der Waals surface area (Å²) < 4.78 is 0. The molecule has 5 nitrogen and oxygen atoms in total. The normalized spacial score (nSPS) is 11.1. The van der Waals surface area contributed by atoms with E-state index in [-0.39, 0.29) is 0 Å². The maximum Gasteiger partial charge on any atom is 0.164 e. The molecule has 0 radical (unpaired) electrons. The van der Waals surface area contributed by atoms with E-state index in [0.717, 1.165) is 67.0 Å². The molecule has 272 valence electrons. The molecular formula is C53H35N5. The molecule has 0 spiro atoms. The molecule has 0 bridgehead atoms. The van der Waals surface area contributed by atoms with Gasteiger partial charge in [0, 0.05) is 33.4 Å². The second-order valence-electron chi connectivity index (χ2n) is 14.1. The Bertz CT molecular complexity index is 2910. The summed E-state index contributed by atoms with van der Waals surface area (Å²) in [7, 11) is 0. The molecule has 0 saturated carbocycles. The van der Waals surface area contributed by atoms with Crippen LogP contribution >= 0.6 is 0 Å². The largest absolute Gasteiger partial charge is 0.228 e. The Morgan fingerprint density at radius 3 is 1.19 bits per heavy atom. The second kappa shape index (κ2) is 15.3. The highest BCUT2D eigenvalue weighted by molar-refractivity contribution is 5.99. The summed E-state index contributed by atoms with van der Waals surface area (Å²) in [6, 6.07) is 73.1. The number of fused-ring (bicyclic) bond motifs is 1. The molecule has 10 aromatic rings. The van der Waals surface area contributed by atoms with Crippen molar-refractivity contribution in [2.75, 3.05) is 0 Å². The van der Waals surface area contributed by atoms with Gasteiger partial charge in [-0.2, -0.15) is 0 Å². The van der Waals surface area contributed by atoms with E-state index in [4.69, 9.17) is 24.9 Å². The fourth-order valence-electron chi connectivity index (χ4n) is 7.37. The van der Waals surface area contributed by atoms with E-state index in [0.29, 0.717) is 23.3 Å². The van der Waals surface area contributed by atoms with Gasteiger partial charge in [0.2, 0.25) is 0 Å². The molecule has 0 aliphatic carbocycles. The van der Waals surface area contributed by atoms with Gasteiger partial charge in [-0.05, 0) is 51.2 Å². The van der Waals surface area contributed by atoms with Gasteiger partial charge in [-0.1, -0.05) is 194 Å². The Morgan fingerprint density at radius 2 is 0.621 bits per heavy atom. The summed E-state index contributed by atoms with van der Waals surface area (Å²) in [5.74, 6) is 2.63. The topological polar surface area (TPSA) is 64.5 Å². The first-order chi connectivity index (χ1) is 28.7. The average molecular weight is 742 g/mol. The van der Waals surface area contributed by atoms with Gasteiger partial charge in [-0.3, -0.25) is 0 Å². The van der Waals surface area contributed by atoms with Gasteiger partial charge < -0.3 is 0 Å². The smallest absolute Gasteiger partial charge is 0.164 e. The molecule has 2 aromatic heterocycles. The van der Waals surface area contributed by atoms with Crippen molar-refractivity contribution in [3.8, 4) is 90.3 Å². The molecule has 0 fully saturated rings. The van der Waals surface area contributed by atoms with Gasteiger partial charge in [-0.25, -0.2) is 24.9 Å². The highest BCUT2D eigenvalue weighted by atomic mass is 15.0. The Morgan fingerprint density at radius 1 is 0.224 bits per heavy atom. The van der Waals surface area contributed by atoms with Gasteiger partial charge in [-0.15, -0.1) is 0 Å². The van der Waals surface area contributed by atoms with E-state index in [9.17, 15) is 0 Å². The Hall–Kier alpha value is -7.89. The number of nitrogens with zero attached hydrogens (tertiary/aromatic N) is 5. The Balaban J connectivity index is 1.01. The summed E-state index contributed by atoms with van der Waals surface area (Å²) in [5.41, 5.74) is 12.2. The van der Waals surface area contributed by atoms with Crippen LogP contribution in [0.25, 0.3) is 101 Å². The van der Waals surface area contributed by atoms with Crippen LogP contribution in [0.2, 0.25) is 0 Å². The third kappa shape index (κ3) is 7.04. The van der Waals surface area contributed by atoms with E-state index >= 15 is 0 Å². The van der Waals surface area contributed by atoms with Gasteiger partial charge in [0.1, 0.15) is 0 Å². The molecule has 2 heterocycles. The third-order valence-corrected chi connectivity index (χ3v) is 10.4. The predicted molar refractivity (Wildman–Crippen MR) is 236 cm³/mol. The summed E-state index contributed by atoms with van der Waals surface area (Å²) >= 11 is 0. The number of benzene rings is 8. The van der Waals surface area contributed by atoms with E-state index in [2.05, 4.69) is 115 Å². The molecule has 0 saturated heterocycles. The molecule has 5 heteroatoms. The second-order valence-corrected chi connectivity index (χ2v) is 14.1. The Labute approximate surface area is 337 Å². The minimum Gasteiger partial charge on any atom is -0.228 e. The molecule has 0 aliphatic heterocycles. The fraction of sp³-hybridized carbons (Fsp3) is 0. The summed E-state index contributed by atoms with van der Waals surface area (Å²) in [4.78, 5) is 24.8. The average Bonchev–Trinajstić information content (AvgIpc) is 3.32. The van der Waals surface area contributed by atoms with Crippen molar-refractivity contribution >= 4 is 10.8 Å². The lowest BCUT2D eigenvalue weighted by Crippen LogP contribution is -2.00. The standard InChI is InChI=1S/C53H35N5/c1-5-15-38(16-6-1)48-35-49(55-50(54-48)39-17-7-2-8-18-39)45-25-13-24-43(33-45)44-32-29-36-23-14-26-46(47(36)34-44)37-27-30-42(31-28-37)53-57-51(40-19-9-3-10-20-40)56-52(58-53)41-21-11-4-12-22-41/h1-35H. The first-order valence-corrected chi connectivity index (χ1v) is 19.3. The van der Waals surface area contributed by atoms with Crippen LogP contribution in [0, 0.1) is 0 Å². The van der Waals surface area contributed by atoms with Gasteiger partial charge in [0.05, 0.1) is 11.4 Å². The zero-order valence-corrected chi connectivity index (χ0v) is 31.4. The van der Waals surface area contributed by atoms with E-state index < -0.39 is 0 Å². The van der Waals surface area contributed by atoms with Gasteiger partial charge >= 0.3 is 0 Å². The molecule has 8 aromatic carbocycles. The zero-order chi connectivity index (χ0) is 38.7. The van der Waals surface area contributed by atoms with Crippen molar-refractivity contribution in [3.63, 3.8) is 0 Å². The van der Waals surface area contributed by atoms with Crippen LogP contribution in [0.3, 0.4) is 0 Å². The van der Waals surface area contributed by atoms with Crippen LogP contribution in [0.5, 0.6) is 0 Å². The van der Waals surface area contributed by atoms with Crippen molar-refractivity contribution in [1.29, 1.82) is 0 Å². The third-order valence-electron chi connectivity index (χ3n) is 10.4. The van der Waals surface area contributed by atoms with E-state index in [1.165, 1.54) is 10.8 Å². The van der Waals surface area contributed by atoms with Crippen LogP contribution in [0.4, 0.5) is 0 Å².